The first kappa shape index (κ1) is 39.8. The van der Waals surface area contributed by atoms with Gasteiger partial charge in [-0.15, -0.1) is 4.79 Å². The summed E-state index contributed by atoms with van der Waals surface area (Å²) in [6.45, 7) is 14.3. The summed E-state index contributed by atoms with van der Waals surface area (Å²) in [6, 6.07) is 18.4. The Morgan fingerprint density at radius 2 is 1.30 bits per heavy atom. The molecule has 0 aromatic heterocycles. The van der Waals surface area contributed by atoms with Crippen LogP contribution in [0.3, 0.4) is 0 Å². The Kier molecular flexibility index (Phi) is 24.5. The molecule has 2 rings (SSSR count). The Morgan fingerprint density at radius 3 is 1.91 bits per heavy atom. The summed E-state index contributed by atoms with van der Waals surface area (Å²) in [7, 11) is 0. The maximum absolute atomic E-state index is 9.55. The first-order valence-corrected chi connectivity index (χ1v) is 18.1. The summed E-state index contributed by atoms with van der Waals surface area (Å²) in [5.74, 6) is 3.00. The van der Waals surface area contributed by atoms with Crippen LogP contribution in [-0.4, -0.2) is 23.9 Å². The fourth-order valence-corrected chi connectivity index (χ4v) is 5.46. The van der Waals surface area contributed by atoms with E-state index in [1.807, 2.05) is 13.8 Å². The number of hydrogen-bond acceptors (Lipinski definition) is 2. The summed E-state index contributed by atoms with van der Waals surface area (Å²) in [4.78, 5) is 3.41. The molecule has 0 aliphatic carbocycles. The van der Waals surface area contributed by atoms with Crippen LogP contribution in [0.4, 0.5) is 0 Å². The summed E-state index contributed by atoms with van der Waals surface area (Å²) < 4.78 is 9.58. The molecule has 2 aromatic carbocycles. The van der Waals surface area contributed by atoms with Gasteiger partial charge in [-0.2, -0.15) is 0 Å². The van der Waals surface area contributed by atoms with E-state index in [1.165, 1.54) is 84.8 Å². The van der Waals surface area contributed by atoms with Crippen molar-refractivity contribution in [2.75, 3.05) is 13.2 Å². The Bertz CT molecular complexity index is 1130. The molecule has 0 saturated heterocycles. The van der Waals surface area contributed by atoms with Gasteiger partial charge in [0.25, 0.3) is 0 Å². The molecule has 5 heteroatoms. The van der Waals surface area contributed by atoms with Gasteiger partial charge < -0.3 is 5.53 Å². The Morgan fingerprint density at radius 1 is 0.659 bits per heavy atom. The van der Waals surface area contributed by atoms with Crippen LogP contribution >= 0.6 is 0 Å². The number of benzene rings is 2. The molecule has 0 N–H and O–H groups in total. The minimum atomic E-state index is 0.708. The van der Waals surface area contributed by atoms with Crippen LogP contribution in [0.25, 0.3) is 11.1 Å². The van der Waals surface area contributed by atoms with Crippen molar-refractivity contribution in [2.24, 2.45) is 0 Å². The van der Waals surface area contributed by atoms with Crippen LogP contribution in [0.15, 0.2) is 59.7 Å². The zero-order chi connectivity index (χ0) is 32.3. The molecule has 4 nitrogen and oxygen atoms in total. The molecule has 44 heavy (non-hydrogen) atoms. The van der Waals surface area contributed by atoms with Crippen molar-refractivity contribution in [1.82, 2.24) is 0 Å². The topological polar surface area (TPSA) is 54.9 Å². The zero-order valence-corrected chi connectivity index (χ0v) is 29.7. The monoisotopic (exact) mass is 646 g/mol. The Hall–Kier alpha value is -2.25. The van der Waals surface area contributed by atoms with Crippen molar-refractivity contribution in [3.8, 4) is 0 Å². The zero-order valence-electron chi connectivity index (χ0n) is 28.7. The molecule has 0 heterocycles. The van der Waals surface area contributed by atoms with Crippen LogP contribution in [0.2, 0.25) is 0 Å². The summed E-state index contributed by atoms with van der Waals surface area (Å²) in [6.07, 6.45) is 17.4. The fraction of sp³-hybridized carbons (Fsp3) is 0.590. The van der Waals surface area contributed by atoms with Gasteiger partial charge in [0.05, 0.1) is 5.57 Å². The first-order valence-electron chi connectivity index (χ1n) is 17.3. The van der Waals surface area contributed by atoms with Gasteiger partial charge in [0.1, 0.15) is 0 Å². The molecule has 0 saturated carbocycles. The van der Waals surface area contributed by atoms with E-state index in [4.69, 9.17) is 7.76 Å². The van der Waals surface area contributed by atoms with Crippen LogP contribution in [-0.2, 0) is 35.7 Å². The minimum absolute atomic E-state index is 0.708. The van der Waals surface area contributed by atoms with Crippen molar-refractivity contribution in [3.05, 3.63) is 87.5 Å². The molecular formula is C39H60N2NiO2. The normalized spacial score (nSPS) is 11.3. The number of aryl methyl sites for hydroxylation is 2. The van der Waals surface area contributed by atoms with Crippen molar-refractivity contribution in [1.29, 1.82) is 0 Å². The third kappa shape index (κ3) is 16.7. The van der Waals surface area contributed by atoms with Crippen LogP contribution < -0.4 is 0 Å². The second-order valence-electron chi connectivity index (χ2n) is 11.2. The van der Waals surface area contributed by atoms with Crippen LogP contribution in [0.1, 0.15) is 147 Å². The Balaban J connectivity index is 0.00000123. The molecule has 0 unspecified atom stereocenters. The molecule has 0 radical (unpaired) electrons. The van der Waals surface area contributed by atoms with E-state index in [9.17, 15) is 5.53 Å². The third-order valence-corrected chi connectivity index (χ3v) is 8.32. The van der Waals surface area contributed by atoms with E-state index in [0.29, 0.717) is 13.2 Å². The van der Waals surface area contributed by atoms with Gasteiger partial charge >= 0.3 is 55.8 Å². The molecule has 2 aromatic rings. The summed E-state index contributed by atoms with van der Waals surface area (Å²) >= 11 is 0.899. The fourth-order valence-electron chi connectivity index (χ4n) is 5.14. The van der Waals surface area contributed by atoms with Crippen LogP contribution in [0.5, 0.6) is 0 Å². The second-order valence-corrected chi connectivity index (χ2v) is 12.0. The molecule has 0 amide bonds. The van der Waals surface area contributed by atoms with E-state index in [2.05, 4.69) is 86.9 Å². The number of allylic oxidation sites excluding steroid dienone is 2. The number of rotatable bonds is 22. The van der Waals surface area contributed by atoms with Gasteiger partial charge in [-0.3, -0.25) is 0 Å². The van der Waals surface area contributed by atoms with Crippen molar-refractivity contribution < 1.29 is 27.6 Å². The van der Waals surface area contributed by atoms with E-state index in [1.54, 1.807) is 0 Å². The maximum atomic E-state index is 9.55. The van der Waals surface area contributed by atoms with E-state index >= 15 is 0 Å². The van der Waals surface area contributed by atoms with E-state index < -0.39 is 0 Å². The van der Waals surface area contributed by atoms with Gasteiger partial charge in [-0.1, -0.05) is 121 Å². The SMILES string of the molecule is CCCCCCc1ccc(C(=C(CCCCC)C(=C=[N+]=[N-])CCCC)c2cccc(CCCC)c2)cc1.CC[O][Ni][O]CC. The van der Waals surface area contributed by atoms with Crippen molar-refractivity contribution >= 4 is 11.4 Å². The van der Waals surface area contributed by atoms with Gasteiger partial charge in [0.2, 0.25) is 0 Å². The average Bonchev–Trinajstić information content (AvgIpc) is 3.05. The predicted octanol–water partition coefficient (Wildman–Crippen LogP) is 11.5. The molecule has 248 valence electrons. The second kappa shape index (κ2) is 27.1. The molecule has 0 bridgehead atoms. The molecule has 0 aliphatic heterocycles. The van der Waals surface area contributed by atoms with Gasteiger partial charge in [-0.25, -0.2) is 0 Å². The number of nitrogens with zero attached hydrogens (tertiary/aromatic N) is 2. The first-order chi connectivity index (χ1) is 21.6. The van der Waals surface area contributed by atoms with Gasteiger partial charge in [0.15, 0.2) is 0 Å². The average molecular weight is 648 g/mol. The van der Waals surface area contributed by atoms with Crippen molar-refractivity contribution in [2.45, 2.75) is 138 Å². The molecular weight excluding hydrogens is 587 g/mol. The molecule has 0 atom stereocenters. The standard InChI is InChI=1S/C35H50N2.2C2H5O.Ni/c1-5-9-13-15-18-29-23-25-31(26-24-29)35(32-21-16-19-30(27-32)17-11-7-3)34(22-14-10-6-2)33(28-37-36)20-12-8-4;2*1-2-3;/h16,19,21,23-27H,5-15,17-18,20,22H2,1-4H3;2*2H2,1H3;/q;2*-1;+2. The molecule has 0 spiro atoms. The summed E-state index contributed by atoms with van der Waals surface area (Å²) in [5, 5.41) is 0. The molecule has 0 aliphatic rings. The van der Waals surface area contributed by atoms with Gasteiger partial charge in [-0.05, 0) is 84.8 Å². The predicted molar refractivity (Wildman–Crippen MR) is 184 cm³/mol. The van der Waals surface area contributed by atoms with Gasteiger partial charge in [0, 0.05) is 0 Å². The number of unbranched alkanes of at least 4 members (excludes halogenated alkanes) is 7. The summed E-state index contributed by atoms with van der Waals surface area (Å²) in [5.41, 5.74) is 18.5. The quantitative estimate of drug-likeness (QED) is 0.0319. The van der Waals surface area contributed by atoms with E-state index in [0.717, 1.165) is 65.6 Å². The van der Waals surface area contributed by atoms with E-state index in [-0.39, 0.29) is 0 Å². The van der Waals surface area contributed by atoms with Crippen LogP contribution in [0, 0.1) is 0 Å². The third-order valence-electron chi connectivity index (χ3n) is 7.52. The molecule has 0 fully saturated rings. The number of hydrogen-bond donors (Lipinski definition) is 0. The van der Waals surface area contributed by atoms with Crippen molar-refractivity contribution in [3.63, 3.8) is 0 Å². The Labute approximate surface area is 276 Å².